The zero-order valence-electron chi connectivity index (χ0n) is 18.4. The maximum absolute atomic E-state index is 13.3. The van der Waals surface area contributed by atoms with E-state index < -0.39 is 24.8 Å². The van der Waals surface area contributed by atoms with Gasteiger partial charge in [-0.2, -0.15) is 18.3 Å². The number of anilines is 2. The Labute approximate surface area is 191 Å². The summed E-state index contributed by atoms with van der Waals surface area (Å²) in [6, 6.07) is 0. The molecule has 5 heterocycles. The van der Waals surface area contributed by atoms with Crippen molar-refractivity contribution >= 4 is 22.9 Å². The van der Waals surface area contributed by atoms with Crippen LogP contribution in [0.2, 0.25) is 0 Å². The van der Waals surface area contributed by atoms with Crippen LogP contribution in [-0.4, -0.2) is 62.3 Å². The number of halogens is 5. The van der Waals surface area contributed by atoms with Crippen molar-refractivity contribution in [3.05, 3.63) is 29.8 Å². The second-order valence-corrected chi connectivity index (χ2v) is 9.01. The molecule has 5 rings (SSSR count). The normalized spacial score (nSPS) is 18.6. The van der Waals surface area contributed by atoms with E-state index in [9.17, 15) is 22.0 Å². The zero-order valence-corrected chi connectivity index (χ0v) is 18.4. The molecule has 2 fully saturated rings. The average Bonchev–Trinajstić information content (AvgIpc) is 3.38. The predicted octanol–water partition coefficient (Wildman–Crippen LogP) is 3.71. The quantitative estimate of drug-likeness (QED) is 0.525. The van der Waals surface area contributed by atoms with Crippen LogP contribution in [0.5, 0.6) is 0 Å². The van der Waals surface area contributed by atoms with E-state index in [1.807, 2.05) is 4.90 Å². The maximum atomic E-state index is 13.3. The molecule has 2 aliphatic rings. The average molecular weight is 482 g/mol. The molecule has 8 nitrogen and oxygen atoms in total. The SMILES string of the molecule is Cc1cnc(N2CCC3(CCN(c4cnc5cnn(CC(F)F)c5n4)CC3)C2)nc1C(F)(F)F. The van der Waals surface area contributed by atoms with Gasteiger partial charge in [0.15, 0.2) is 11.3 Å². The third-order valence-corrected chi connectivity index (χ3v) is 6.74. The highest BCUT2D eigenvalue weighted by molar-refractivity contribution is 5.71. The molecule has 0 atom stereocenters. The Morgan fingerprint density at radius 2 is 1.68 bits per heavy atom. The molecule has 13 heteroatoms. The van der Waals surface area contributed by atoms with Crippen LogP contribution < -0.4 is 9.80 Å². The molecule has 1 spiro atoms. The molecule has 0 unspecified atom stereocenters. The lowest BCUT2D eigenvalue weighted by atomic mass is 9.78. The molecule has 0 radical (unpaired) electrons. The monoisotopic (exact) mass is 482 g/mol. The van der Waals surface area contributed by atoms with Gasteiger partial charge in [-0.1, -0.05) is 0 Å². The topological polar surface area (TPSA) is 75.9 Å². The van der Waals surface area contributed by atoms with Crippen molar-refractivity contribution < 1.29 is 22.0 Å². The van der Waals surface area contributed by atoms with Crippen LogP contribution in [-0.2, 0) is 12.7 Å². The molecule has 34 heavy (non-hydrogen) atoms. The van der Waals surface area contributed by atoms with E-state index in [0.717, 1.165) is 23.9 Å². The fourth-order valence-corrected chi connectivity index (χ4v) is 4.85. The summed E-state index contributed by atoms with van der Waals surface area (Å²) < 4.78 is 66.6. The fraction of sp³-hybridized carbons (Fsp3) is 0.571. The second kappa shape index (κ2) is 8.27. The Kier molecular flexibility index (Phi) is 5.52. The molecule has 2 saturated heterocycles. The number of alkyl halides is 5. The number of piperidine rings is 1. The van der Waals surface area contributed by atoms with E-state index in [1.54, 1.807) is 6.20 Å². The molecule has 0 saturated carbocycles. The van der Waals surface area contributed by atoms with Gasteiger partial charge < -0.3 is 9.80 Å². The summed E-state index contributed by atoms with van der Waals surface area (Å²) in [7, 11) is 0. The number of aromatic nitrogens is 6. The summed E-state index contributed by atoms with van der Waals surface area (Å²) >= 11 is 0. The summed E-state index contributed by atoms with van der Waals surface area (Å²) in [5.74, 6) is 0.714. The van der Waals surface area contributed by atoms with E-state index >= 15 is 0 Å². The van der Waals surface area contributed by atoms with Crippen molar-refractivity contribution in [3.63, 3.8) is 0 Å². The first-order chi connectivity index (χ1) is 16.1. The van der Waals surface area contributed by atoms with E-state index in [4.69, 9.17) is 0 Å². The maximum Gasteiger partial charge on any atom is 0.433 e. The Bertz CT molecular complexity index is 1190. The van der Waals surface area contributed by atoms with Crippen molar-refractivity contribution in [1.82, 2.24) is 29.7 Å². The summed E-state index contributed by atoms with van der Waals surface area (Å²) in [5, 5.41) is 3.95. The number of fused-ring (bicyclic) bond motifs is 1. The molecular formula is C21H23F5N8. The molecule has 0 N–H and O–H groups in total. The number of hydrogen-bond donors (Lipinski definition) is 0. The number of hydrogen-bond acceptors (Lipinski definition) is 7. The fourth-order valence-electron chi connectivity index (χ4n) is 4.85. The molecule has 3 aromatic rings. The van der Waals surface area contributed by atoms with Crippen LogP contribution >= 0.6 is 0 Å². The summed E-state index contributed by atoms with van der Waals surface area (Å²) in [5.41, 5.74) is -0.152. The van der Waals surface area contributed by atoms with Gasteiger partial charge in [0.05, 0.1) is 12.4 Å². The molecular weight excluding hydrogens is 459 g/mol. The van der Waals surface area contributed by atoms with Gasteiger partial charge in [-0.15, -0.1) is 0 Å². The van der Waals surface area contributed by atoms with Gasteiger partial charge in [0.25, 0.3) is 6.43 Å². The highest BCUT2D eigenvalue weighted by Crippen LogP contribution is 2.42. The minimum absolute atomic E-state index is 0.00596. The molecule has 3 aromatic heterocycles. The van der Waals surface area contributed by atoms with Crippen molar-refractivity contribution in [2.45, 2.75) is 45.3 Å². The zero-order chi connectivity index (χ0) is 24.1. The third-order valence-electron chi connectivity index (χ3n) is 6.74. The first-order valence-corrected chi connectivity index (χ1v) is 11.0. The van der Waals surface area contributed by atoms with Crippen LogP contribution in [0.3, 0.4) is 0 Å². The number of nitrogens with zero attached hydrogens (tertiary/aromatic N) is 8. The van der Waals surface area contributed by atoms with E-state index in [1.165, 1.54) is 19.3 Å². The van der Waals surface area contributed by atoms with E-state index in [-0.39, 0.29) is 16.9 Å². The lowest BCUT2D eigenvalue weighted by molar-refractivity contribution is -0.141. The Balaban J connectivity index is 1.28. The number of aryl methyl sites for hydroxylation is 1. The van der Waals surface area contributed by atoms with Crippen LogP contribution in [0.1, 0.15) is 30.5 Å². The Morgan fingerprint density at radius 3 is 2.35 bits per heavy atom. The summed E-state index contributed by atoms with van der Waals surface area (Å²) in [6.07, 6.45) is -0.318. The van der Waals surface area contributed by atoms with Gasteiger partial charge in [0.1, 0.15) is 17.9 Å². The van der Waals surface area contributed by atoms with Crippen LogP contribution in [0.15, 0.2) is 18.6 Å². The lowest BCUT2D eigenvalue weighted by Crippen LogP contribution is -2.42. The first kappa shape index (κ1) is 22.7. The molecule has 0 amide bonds. The van der Waals surface area contributed by atoms with Gasteiger partial charge >= 0.3 is 6.18 Å². The smallest absolute Gasteiger partial charge is 0.355 e. The predicted molar refractivity (Wildman–Crippen MR) is 114 cm³/mol. The van der Waals surface area contributed by atoms with E-state index in [2.05, 4.69) is 29.9 Å². The summed E-state index contributed by atoms with van der Waals surface area (Å²) in [4.78, 5) is 20.7. The van der Waals surface area contributed by atoms with Gasteiger partial charge in [-0.25, -0.2) is 33.4 Å². The van der Waals surface area contributed by atoms with Gasteiger partial charge in [-0.05, 0) is 37.2 Å². The van der Waals surface area contributed by atoms with Crippen molar-refractivity contribution in [3.8, 4) is 0 Å². The van der Waals surface area contributed by atoms with Crippen LogP contribution in [0.4, 0.5) is 33.7 Å². The molecule has 0 aromatic carbocycles. The van der Waals surface area contributed by atoms with Gasteiger partial charge in [0, 0.05) is 32.4 Å². The minimum atomic E-state index is -4.52. The highest BCUT2D eigenvalue weighted by Gasteiger charge is 2.42. The first-order valence-electron chi connectivity index (χ1n) is 11.0. The van der Waals surface area contributed by atoms with Crippen molar-refractivity contribution in [1.29, 1.82) is 0 Å². The summed E-state index contributed by atoms with van der Waals surface area (Å²) in [6.45, 7) is 3.36. The Morgan fingerprint density at radius 1 is 0.971 bits per heavy atom. The molecule has 182 valence electrons. The number of rotatable bonds is 4. The van der Waals surface area contributed by atoms with E-state index in [0.29, 0.717) is 43.2 Å². The van der Waals surface area contributed by atoms with Crippen molar-refractivity contribution in [2.24, 2.45) is 5.41 Å². The standard InChI is InChI=1S/C21H23F5N8/c1-13-8-28-19(31-17(13)21(24,25)26)33-7-4-20(12-33)2-5-32(6-3-20)16-10-27-14-9-29-34(11-15(22)23)18(14)30-16/h8-10,15H,2-7,11-12H2,1H3. The lowest BCUT2D eigenvalue weighted by Gasteiger charge is -2.39. The second-order valence-electron chi connectivity index (χ2n) is 9.01. The third kappa shape index (κ3) is 4.23. The van der Waals surface area contributed by atoms with Gasteiger partial charge in [0.2, 0.25) is 5.95 Å². The molecule has 0 bridgehead atoms. The molecule has 2 aliphatic heterocycles. The van der Waals surface area contributed by atoms with Gasteiger partial charge in [-0.3, -0.25) is 0 Å². The Hall–Kier alpha value is -3.12. The van der Waals surface area contributed by atoms with Crippen molar-refractivity contribution in [2.75, 3.05) is 36.0 Å². The minimum Gasteiger partial charge on any atom is -0.355 e. The molecule has 0 aliphatic carbocycles. The largest absolute Gasteiger partial charge is 0.433 e. The van der Waals surface area contributed by atoms with Crippen LogP contribution in [0.25, 0.3) is 11.2 Å². The van der Waals surface area contributed by atoms with Crippen LogP contribution in [0, 0.1) is 12.3 Å². The highest BCUT2D eigenvalue weighted by atomic mass is 19.4.